The first kappa shape index (κ1) is 11.6. The summed E-state index contributed by atoms with van der Waals surface area (Å²) in [6, 6.07) is 10.5. The molecule has 1 atom stereocenters. The summed E-state index contributed by atoms with van der Waals surface area (Å²) >= 11 is 0. The molecule has 1 aliphatic heterocycles. The number of hydrogen-bond acceptors (Lipinski definition) is 2. The zero-order valence-corrected chi connectivity index (χ0v) is 10.2. The van der Waals surface area contributed by atoms with Crippen LogP contribution in [0.25, 0.3) is 0 Å². The van der Waals surface area contributed by atoms with Gasteiger partial charge in [-0.05, 0) is 17.4 Å². The van der Waals surface area contributed by atoms with Gasteiger partial charge in [-0.3, -0.25) is 4.90 Å². The van der Waals surface area contributed by atoms with Crippen LogP contribution in [0, 0.1) is 5.41 Å². The van der Waals surface area contributed by atoms with Crippen molar-refractivity contribution in [2.75, 3.05) is 13.1 Å². The average molecular weight is 219 g/mol. The molecule has 1 aromatic carbocycles. The van der Waals surface area contributed by atoms with Crippen molar-refractivity contribution in [2.24, 2.45) is 5.41 Å². The molecule has 2 rings (SSSR count). The summed E-state index contributed by atoms with van der Waals surface area (Å²) in [7, 11) is 0. The van der Waals surface area contributed by atoms with E-state index in [4.69, 9.17) is 0 Å². The Labute approximate surface area is 97.9 Å². The highest BCUT2D eigenvalue weighted by Gasteiger charge is 2.31. The molecule has 0 unspecified atom stereocenters. The molecular weight excluding hydrogens is 198 g/mol. The summed E-state index contributed by atoms with van der Waals surface area (Å²) in [5.74, 6) is 0. The summed E-state index contributed by atoms with van der Waals surface area (Å²) < 4.78 is 0. The predicted molar refractivity (Wildman–Crippen MR) is 66.1 cm³/mol. The Balaban J connectivity index is 2.00. The average Bonchev–Trinajstić information content (AvgIpc) is 2.15. The van der Waals surface area contributed by atoms with Gasteiger partial charge in [-0.25, -0.2) is 0 Å². The highest BCUT2D eigenvalue weighted by Crippen LogP contribution is 2.29. The predicted octanol–water partition coefficient (Wildman–Crippen LogP) is 2.28. The van der Waals surface area contributed by atoms with E-state index in [1.165, 1.54) is 5.56 Å². The van der Waals surface area contributed by atoms with Crippen LogP contribution in [-0.4, -0.2) is 29.2 Å². The van der Waals surface area contributed by atoms with E-state index in [0.717, 1.165) is 26.1 Å². The minimum Gasteiger partial charge on any atom is -0.392 e. The number of likely N-dealkylation sites (tertiary alicyclic amines) is 1. The molecule has 1 aromatic rings. The normalized spacial score (nSPS) is 25.6. The van der Waals surface area contributed by atoms with Crippen molar-refractivity contribution in [3.63, 3.8) is 0 Å². The molecule has 0 radical (unpaired) electrons. The first-order valence-electron chi connectivity index (χ1n) is 5.99. The van der Waals surface area contributed by atoms with E-state index in [1.54, 1.807) is 0 Å². The van der Waals surface area contributed by atoms with Crippen LogP contribution in [0.5, 0.6) is 0 Å². The number of nitrogens with zero attached hydrogens (tertiary/aromatic N) is 1. The maximum absolute atomic E-state index is 9.85. The van der Waals surface area contributed by atoms with Crippen LogP contribution in [0.3, 0.4) is 0 Å². The van der Waals surface area contributed by atoms with Gasteiger partial charge in [0.1, 0.15) is 0 Å². The van der Waals surface area contributed by atoms with Crippen LogP contribution >= 0.6 is 0 Å². The van der Waals surface area contributed by atoms with Gasteiger partial charge in [0.15, 0.2) is 0 Å². The van der Waals surface area contributed by atoms with E-state index in [1.807, 2.05) is 6.07 Å². The van der Waals surface area contributed by atoms with E-state index < -0.39 is 0 Å². The van der Waals surface area contributed by atoms with Crippen LogP contribution in [0.2, 0.25) is 0 Å². The second-order valence-electron chi connectivity index (χ2n) is 5.68. The van der Waals surface area contributed by atoms with Crippen LogP contribution in [0.1, 0.15) is 25.8 Å². The quantitative estimate of drug-likeness (QED) is 0.825. The fourth-order valence-corrected chi connectivity index (χ4v) is 2.70. The Kier molecular flexibility index (Phi) is 3.31. The van der Waals surface area contributed by atoms with Gasteiger partial charge in [-0.1, -0.05) is 44.2 Å². The Bertz CT molecular complexity index is 334. The van der Waals surface area contributed by atoms with E-state index >= 15 is 0 Å². The molecule has 88 valence electrons. The Morgan fingerprint density at radius 2 is 2.00 bits per heavy atom. The van der Waals surface area contributed by atoms with E-state index in [0.29, 0.717) is 0 Å². The Morgan fingerprint density at radius 1 is 1.31 bits per heavy atom. The lowest BCUT2D eigenvalue weighted by atomic mass is 9.82. The topological polar surface area (TPSA) is 23.5 Å². The van der Waals surface area contributed by atoms with Gasteiger partial charge in [0.05, 0.1) is 6.10 Å². The monoisotopic (exact) mass is 219 g/mol. The molecular formula is C14H21NO. The van der Waals surface area contributed by atoms with E-state index in [9.17, 15) is 5.11 Å². The van der Waals surface area contributed by atoms with Crippen molar-refractivity contribution in [3.8, 4) is 0 Å². The van der Waals surface area contributed by atoms with Gasteiger partial charge in [-0.15, -0.1) is 0 Å². The van der Waals surface area contributed by atoms with Crippen molar-refractivity contribution in [1.29, 1.82) is 0 Å². The maximum atomic E-state index is 9.85. The molecule has 0 saturated carbocycles. The van der Waals surface area contributed by atoms with E-state index in [2.05, 4.69) is 43.0 Å². The molecule has 1 saturated heterocycles. The number of aliphatic hydroxyl groups is 1. The summed E-state index contributed by atoms with van der Waals surface area (Å²) in [5, 5.41) is 9.85. The third-order valence-corrected chi connectivity index (χ3v) is 3.16. The number of hydrogen-bond donors (Lipinski definition) is 1. The molecule has 1 N–H and O–H groups in total. The highest BCUT2D eigenvalue weighted by molar-refractivity contribution is 5.14. The van der Waals surface area contributed by atoms with Crippen LogP contribution in [-0.2, 0) is 6.54 Å². The molecule has 16 heavy (non-hydrogen) atoms. The van der Waals surface area contributed by atoms with Crippen molar-refractivity contribution in [1.82, 2.24) is 4.90 Å². The lowest BCUT2D eigenvalue weighted by Crippen LogP contribution is -2.46. The summed E-state index contributed by atoms with van der Waals surface area (Å²) in [6.07, 6.45) is 0.741. The summed E-state index contributed by atoms with van der Waals surface area (Å²) in [6.45, 7) is 7.28. The van der Waals surface area contributed by atoms with Gasteiger partial charge in [0.25, 0.3) is 0 Å². The van der Waals surface area contributed by atoms with Gasteiger partial charge in [-0.2, -0.15) is 0 Å². The zero-order chi connectivity index (χ0) is 11.6. The third kappa shape index (κ3) is 3.06. The first-order chi connectivity index (χ1) is 7.55. The lowest BCUT2D eigenvalue weighted by molar-refractivity contribution is 0.00274. The first-order valence-corrected chi connectivity index (χ1v) is 5.99. The largest absolute Gasteiger partial charge is 0.392 e. The molecule has 1 fully saturated rings. The lowest BCUT2D eigenvalue weighted by Gasteiger charge is -2.40. The maximum Gasteiger partial charge on any atom is 0.0672 e. The second-order valence-corrected chi connectivity index (χ2v) is 5.68. The smallest absolute Gasteiger partial charge is 0.0672 e. The minimum absolute atomic E-state index is 0.174. The fraction of sp³-hybridized carbons (Fsp3) is 0.571. The van der Waals surface area contributed by atoms with Crippen LogP contribution in [0.15, 0.2) is 30.3 Å². The molecule has 1 aliphatic rings. The number of rotatable bonds is 2. The molecule has 0 aliphatic carbocycles. The van der Waals surface area contributed by atoms with Gasteiger partial charge < -0.3 is 5.11 Å². The molecule has 2 heteroatoms. The van der Waals surface area contributed by atoms with Crippen molar-refractivity contribution in [2.45, 2.75) is 32.9 Å². The van der Waals surface area contributed by atoms with Crippen molar-refractivity contribution < 1.29 is 5.11 Å². The molecule has 0 bridgehead atoms. The number of benzene rings is 1. The Morgan fingerprint density at radius 3 is 2.62 bits per heavy atom. The molecule has 0 aromatic heterocycles. The van der Waals surface area contributed by atoms with Crippen LogP contribution in [0.4, 0.5) is 0 Å². The number of piperidine rings is 1. The molecule has 0 spiro atoms. The molecule has 0 amide bonds. The zero-order valence-electron chi connectivity index (χ0n) is 10.2. The fourth-order valence-electron chi connectivity index (χ4n) is 2.70. The van der Waals surface area contributed by atoms with Crippen molar-refractivity contribution >= 4 is 0 Å². The standard InChI is InChI=1S/C14H21NO/c1-14(2)8-13(16)10-15(11-14)9-12-6-4-3-5-7-12/h3-7,13,16H,8-11H2,1-2H3/t13-/m1/s1. The van der Waals surface area contributed by atoms with Crippen LogP contribution < -0.4 is 0 Å². The van der Waals surface area contributed by atoms with E-state index in [-0.39, 0.29) is 11.5 Å². The second kappa shape index (κ2) is 4.56. The SMILES string of the molecule is CC1(C)C[C@@H](O)CN(Cc2ccccc2)C1. The minimum atomic E-state index is -0.174. The van der Waals surface area contributed by atoms with Gasteiger partial charge in [0, 0.05) is 19.6 Å². The number of β-amino-alcohol motifs (C(OH)–C–C–N with tert-alkyl or cyclic N) is 1. The summed E-state index contributed by atoms with van der Waals surface area (Å²) in [5.41, 5.74) is 1.55. The van der Waals surface area contributed by atoms with Gasteiger partial charge in [0.2, 0.25) is 0 Å². The van der Waals surface area contributed by atoms with Crippen molar-refractivity contribution in [3.05, 3.63) is 35.9 Å². The van der Waals surface area contributed by atoms with Gasteiger partial charge >= 0.3 is 0 Å². The Hall–Kier alpha value is -0.860. The molecule has 1 heterocycles. The summed E-state index contributed by atoms with van der Waals surface area (Å²) in [4.78, 5) is 2.35. The number of aliphatic hydroxyl groups excluding tert-OH is 1. The molecule has 2 nitrogen and oxygen atoms in total. The highest BCUT2D eigenvalue weighted by atomic mass is 16.3. The third-order valence-electron chi connectivity index (χ3n) is 3.16.